The average molecular weight is 223 g/mol. The van der Waals surface area contributed by atoms with Crippen LogP contribution in [0.2, 0.25) is 0 Å². The number of imidazole rings is 1. The van der Waals surface area contributed by atoms with Crippen LogP contribution in [0.25, 0.3) is 0 Å². The zero-order valence-corrected chi connectivity index (χ0v) is 9.58. The summed E-state index contributed by atoms with van der Waals surface area (Å²) in [5.74, 6) is 2.03. The topological polar surface area (TPSA) is 87.0 Å². The lowest BCUT2D eigenvalue weighted by atomic mass is 10.2. The maximum absolute atomic E-state index is 11.7. The summed E-state index contributed by atoms with van der Waals surface area (Å²) in [7, 11) is 1.65. The van der Waals surface area contributed by atoms with Gasteiger partial charge < -0.3 is 20.9 Å². The molecule has 0 saturated carbocycles. The minimum Gasteiger partial charge on any atom is -0.382 e. The van der Waals surface area contributed by atoms with E-state index >= 15 is 0 Å². The van der Waals surface area contributed by atoms with Crippen molar-refractivity contribution in [3.8, 4) is 0 Å². The third kappa shape index (κ3) is 1.70. The minimum atomic E-state index is -0.144. The van der Waals surface area contributed by atoms with Gasteiger partial charge in [-0.2, -0.15) is 0 Å². The number of hydrogen-bond donors (Lipinski definition) is 3. The van der Waals surface area contributed by atoms with Crippen LogP contribution in [0.4, 0.5) is 11.6 Å². The van der Waals surface area contributed by atoms with Crippen molar-refractivity contribution < 1.29 is 4.79 Å². The van der Waals surface area contributed by atoms with E-state index in [-0.39, 0.29) is 11.9 Å². The summed E-state index contributed by atoms with van der Waals surface area (Å²) in [5, 5.41) is 2.67. The van der Waals surface area contributed by atoms with Gasteiger partial charge in [-0.15, -0.1) is 0 Å². The van der Waals surface area contributed by atoms with Gasteiger partial charge in [0.05, 0.1) is 0 Å². The van der Waals surface area contributed by atoms with Gasteiger partial charge in [-0.3, -0.25) is 4.79 Å². The smallest absolute Gasteiger partial charge is 0.242 e. The number of carbonyl (C=O) groups excluding carboxylic acids is 1. The minimum absolute atomic E-state index is 0.0255. The van der Waals surface area contributed by atoms with Crippen molar-refractivity contribution in [2.45, 2.75) is 25.8 Å². The summed E-state index contributed by atoms with van der Waals surface area (Å²) in [6.07, 6.45) is 1.84. The van der Waals surface area contributed by atoms with Gasteiger partial charge in [0.2, 0.25) is 5.91 Å². The summed E-state index contributed by atoms with van der Waals surface area (Å²) >= 11 is 0. The quantitative estimate of drug-likeness (QED) is 0.659. The van der Waals surface area contributed by atoms with E-state index in [0.29, 0.717) is 11.6 Å². The highest BCUT2D eigenvalue weighted by atomic mass is 16.2. The first-order valence-electron chi connectivity index (χ1n) is 5.43. The Hall–Kier alpha value is -1.72. The third-order valence-corrected chi connectivity index (χ3v) is 2.90. The maximum Gasteiger partial charge on any atom is 0.242 e. The molecular formula is C10H17N5O. The van der Waals surface area contributed by atoms with Crippen LogP contribution in [0.15, 0.2) is 0 Å². The number of likely N-dealkylation sites (N-methyl/N-ethyl adjacent to an activating group) is 1. The second-order valence-corrected chi connectivity index (χ2v) is 4.03. The molecule has 1 aromatic heterocycles. The molecule has 1 fully saturated rings. The Morgan fingerprint density at radius 3 is 3.00 bits per heavy atom. The van der Waals surface area contributed by atoms with Gasteiger partial charge in [0.1, 0.15) is 17.7 Å². The first-order chi connectivity index (χ1) is 7.63. The average Bonchev–Trinajstić information content (AvgIpc) is 2.83. The van der Waals surface area contributed by atoms with Crippen LogP contribution in [-0.2, 0) is 4.79 Å². The number of anilines is 2. The second-order valence-electron chi connectivity index (χ2n) is 4.03. The van der Waals surface area contributed by atoms with Crippen LogP contribution < -0.4 is 16.0 Å². The molecule has 0 bridgehead atoms. The van der Waals surface area contributed by atoms with Crippen molar-refractivity contribution in [3.63, 3.8) is 0 Å². The van der Waals surface area contributed by atoms with Gasteiger partial charge in [-0.05, 0) is 19.8 Å². The van der Waals surface area contributed by atoms with Crippen molar-refractivity contribution in [1.29, 1.82) is 0 Å². The number of nitrogens with one attached hydrogen (secondary N) is 2. The fourth-order valence-corrected chi connectivity index (χ4v) is 2.18. The number of nitrogens with two attached hydrogens (primary N) is 1. The van der Waals surface area contributed by atoms with Crippen molar-refractivity contribution in [1.82, 2.24) is 15.3 Å². The predicted molar refractivity (Wildman–Crippen MR) is 62.2 cm³/mol. The molecule has 2 rings (SSSR count). The van der Waals surface area contributed by atoms with Crippen molar-refractivity contribution in [2.24, 2.45) is 0 Å². The van der Waals surface area contributed by atoms with Crippen LogP contribution in [0.5, 0.6) is 0 Å². The van der Waals surface area contributed by atoms with Gasteiger partial charge >= 0.3 is 0 Å². The molecule has 88 valence electrons. The van der Waals surface area contributed by atoms with Crippen molar-refractivity contribution >= 4 is 17.5 Å². The monoisotopic (exact) mass is 223 g/mol. The molecule has 1 aliphatic heterocycles. The van der Waals surface area contributed by atoms with Gasteiger partial charge in [0.25, 0.3) is 0 Å². The van der Waals surface area contributed by atoms with Crippen LogP contribution >= 0.6 is 0 Å². The first-order valence-corrected chi connectivity index (χ1v) is 5.43. The fraction of sp³-hybridized carbons (Fsp3) is 0.600. The number of aromatic nitrogens is 2. The second kappa shape index (κ2) is 4.03. The Balaban J connectivity index is 2.26. The van der Waals surface area contributed by atoms with E-state index in [1.807, 2.05) is 11.8 Å². The van der Waals surface area contributed by atoms with Crippen molar-refractivity contribution in [3.05, 3.63) is 5.82 Å². The predicted octanol–water partition coefficient (Wildman–Crippen LogP) is 0.0151. The molecule has 4 N–H and O–H groups in total. The zero-order valence-electron chi connectivity index (χ0n) is 9.58. The van der Waals surface area contributed by atoms with Gasteiger partial charge in [0, 0.05) is 13.6 Å². The summed E-state index contributed by atoms with van der Waals surface area (Å²) in [4.78, 5) is 20.9. The van der Waals surface area contributed by atoms with Gasteiger partial charge in [-0.1, -0.05) is 0 Å². The Bertz CT molecular complexity index is 400. The third-order valence-electron chi connectivity index (χ3n) is 2.90. The van der Waals surface area contributed by atoms with E-state index in [1.165, 1.54) is 0 Å². The number of amides is 1. The van der Waals surface area contributed by atoms with Crippen molar-refractivity contribution in [2.75, 3.05) is 24.2 Å². The first kappa shape index (κ1) is 10.8. The lowest BCUT2D eigenvalue weighted by molar-refractivity contribution is -0.121. The molecule has 16 heavy (non-hydrogen) atoms. The van der Waals surface area contributed by atoms with Crippen LogP contribution in [-0.4, -0.2) is 35.5 Å². The molecule has 1 amide bonds. The standard InChI is InChI=1S/C10H17N5O/c1-6-13-8(11)9(14-6)15-5-3-4-7(15)10(16)12-2/h7H,3-5,11H2,1-2H3,(H,12,16)(H,13,14). The molecule has 1 aliphatic rings. The highest BCUT2D eigenvalue weighted by Crippen LogP contribution is 2.28. The molecule has 6 nitrogen and oxygen atoms in total. The maximum atomic E-state index is 11.7. The molecule has 2 heterocycles. The van der Waals surface area contributed by atoms with E-state index in [2.05, 4.69) is 15.3 Å². The summed E-state index contributed by atoms with van der Waals surface area (Å²) in [6, 6.07) is -0.144. The Kier molecular flexibility index (Phi) is 2.72. The molecule has 6 heteroatoms. The van der Waals surface area contributed by atoms with Crippen LogP contribution in [0, 0.1) is 6.92 Å². The largest absolute Gasteiger partial charge is 0.382 e. The molecule has 0 aliphatic carbocycles. The van der Waals surface area contributed by atoms with E-state index in [4.69, 9.17) is 5.73 Å². The summed E-state index contributed by atoms with van der Waals surface area (Å²) < 4.78 is 0. The normalized spacial score (nSPS) is 20.1. The molecular weight excluding hydrogens is 206 g/mol. The molecule has 1 atom stereocenters. The van der Waals surface area contributed by atoms with Crippen LogP contribution in [0.1, 0.15) is 18.7 Å². The highest BCUT2D eigenvalue weighted by molar-refractivity contribution is 5.86. The number of hydrogen-bond acceptors (Lipinski definition) is 4. The number of aryl methyl sites for hydroxylation is 1. The molecule has 0 radical (unpaired) electrons. The molecule has 0 spiro atoms. The summed E-state index contributed by atoms with van der Waals surface area (Å²) in [6.45, 7) is 2.68. The highest BCUT2D eigenvalue weighted by Gasteiger charge is 2.32. The van der Waals surface area contributed by atoms with E-state index in [9.17, 15) is 4.79 Å². The van der Waals surface area contributed by atoms with E-state index in [0.717, 1.165) is 25.2 Å². The SMILES string of the molecule is CNC(=O)C1CCCN1c1nc(C)[nH]c1N. The number of carbonyl (C=O) groups is 1. The Morgan fingerprint density at radius 2 is 2.44 bits per heavy atom. The molecule has 0 aromatic carbocycles. The Labute approximate surface area is 94.2 Å². The lowest BCUT2D eigenvalue weighted by Gasteiger charge is -2.23. The number of rotatable bonds is 2. The fourth-order valence-electron chi connectivity index (χ4n) is 2.18. The Morgan fingerprint density at radius 1 is 1.69 bits per heavy atom. The molecule has 1 unspecified atom stereocenters. The van der Waals surface area contributed by atoms with Gasteiger partial charge in [-0.25, -0.2) is 4.98 Å². The van der Waals surface area contributed by atoms with Gasteiger partial charge in [0.15, 0.2) is 5.82 Å². The zero-order chi connectivity index (χ0) is 11.7. The van der Waals surface area contributed by atoms with E-state index < -0.39 is 0 Å². The number of nitrogens with zero attached hydrogens (tertiary/aromatic N) is 2. The number of H-pyrrole nitrogens is 1. The number of nitrogen functional groups attached to an aromatic ring is 1. The molecule has 1 saturated heterocycles. The lowest BCUT2D eigenvalue weighted by Crippen LogP contribution is -2.42. The molecule has 1 aromatic rings. The van der Waals surface area contributed by atoms with Crippen LogP contribution in [0.3, 0.4) is 0 Å². The van der Waals surface area contributed by atoms with E-state index in [1.54, 1.807) is 7.05 Å². The number of aromatic amines is 1. The summed E-state index contributed by atoms with van der Waals surface area (Å²) in [5.41, 5.74) is 5.83.